The molecule has 2 aromatic rings. The summed E-state index contributed by atoms with van der Waals surface area (Å²) in [5, 5.41) is 4.08. The minimum absolute atomic E-state index is 0.0488. The van der Waals surface area contributed by atoms with E-state index in [1.165, 1.54) is 0 Å². The number of esters is 2. The number of aromatic amines is 1. The minimum Gasteiger partial charge on any atom is -0.463 e. The van der Waals surface area contributed by atoms with Gasteiger partial charge in [0.25, 0.3) is 0 Å². The van der Waals surface area contributed by atoms with Crippen molar-refractivity contribution in [3.8, 4) is 0 Å². The summed E-state index contributed by atoms with van der Waals surface area (Å²) in [5.41, 5.74) is 4.99. The van der Waals surface area contributed by atoms with E-state index >= 15 is 0 Å². The normalized spacial score (nSPS) is 11.5. The van der Waals surface area contributed by atoms with Crippen LogP contribution in [0.4, 0.5) is 5.69 Å². The predicted octanol–water partition coefficient (Wildman–Crippen LogP) is 3.52. The number of benzene rings is 1. The van der Waals surface area contributed by atoms with E-state index < -0.39 is 11.9 Å². The third-order valence-corrected chi connectivity index (χ3v) is 3.97. The van der Waals surface area contributed by atoms with Crippen LogP contribution in [0.2, 0.25) is 0 Å². The van der Waals surface area contributed by atoms with Crippen LogP contribution in [0.15, 0.2) is 23.9 Å². The molecule has 1 aromatic carbocycles. The highest BCUT2D eigenvalue weighted by Gasteiger charge is 2.16. The number of nitrogens with one attached hydrogen (secondary N) is 2. The van der Waals surface area contributed by atoms with Crippen LogP contribution in [-0.4, -0.2) is 30.1 Å². The molecule has 1 heterocycles. The number of carbonyl (C=O) groups excluding carboxylic acids is 2. The van der Waals surface area contributed by atoms with Gasteiger partial charge in [0.15, 0.2) is 0 Å². The average molecular weight is 344 g/mol. The van der Waals surface area contributed by atoms with Gasteiger partial charge in [-0.2, -0.15) is 0 Å². The zero-order valence-electron chi connectivity index (χ0n) is 15.3. The number of carbonyl (C=O) groups is 2. The van der Waals surface area contributed by atoms with Gasteiger partial charge in [0, 0.05) is 22.3 Å². The van der Waals surface area contributed by atoms with Gasteiger partial charge in [-0.25, -0.2) is 9.59 Å². The standard InChI is InChI=1S/C19H24N2O4/c1-6-24-18(22)10-17(19(23)25-7-2)21-15-9-14-12(4)13(5)20-16(14)8-11(15)3/h8-10,20-21H,6-7H2,1-5H3. The van der Waals surface area contributed by atoms with Crippen LogP contribution in [0.3, 0.4) is 0 Å². The molecule has 0 radical (unpaired) electrons. The summed E-state index contributed by atoms with van der Waals surface area (Å²) >= 11 is 0. The van der Waals surface area contributed by atoms with E-state index in [2.05, 4.69) is 10.3 Å². The molecule has 0 atom stereocenters. The highest BCUT2D eigenvalue weighted by atomic mass is 16.5. The third kappa shape index (κ3) is 4.21. The highest BCUT2D eigenvalue weighted by molar-refractivity contribution is 6.00. The number of aromatic nitrogens is 1. The topological polar surface area (TPSA) is 80.4 Å². The number of anilines is 1. The highest BCUT2D eigenvalue weighted by Crippen LogP contribution is 2.28. The first-order valence-corrected chi connectivity index (χ1v) is 8.29. The monoisotopic (exact) mass is 344 g/mol. The van der Waals surface area contributed by atoms with Crippen LogP contribution in [0.25, 0.3) is 10.9 Å². The average Bonchev–Trinajstić information content (AvgIpc) is 2.81. The number of fused-ring (bicyclic) bond motifs is 1. The van der Waals surface area contributed by atoms with E-state index in [0.717, 1.165) is 39.5 Å². The molecule has 0 aliphatic rings. The molecular formula is C19H24N2O4. The SMILES string of the molecule is CCOC(=O)C=C(Nc1cc2c(C)c(C)[nH]c2cc1C)C(=O)OCC. The van der Waals surface area contributed by atoms with Crippen molar-refractivity contribution in [1.82, 2.24) is 4.98 Å². The lowest BCUT2D eigenvalue weighted by Gasteiger charge is -2.13. The molecule has 6 heteroatoms. The third-order valence-electron chi connectivity index (χ3n) is 3.97. The van der Waals surface area contributed by atoms with Gasteiger partial charge in [-0.15, -0.1) is 0 Å². The van der Waals surface area contributed by atoms with Gasteiger partial charge in [-0.3, -0.25) is 0 Å². The number of hydrogen-bond donors (Lipinski definition) is 2. The maximum absolute atomic E-state index is 12.2. The molecule has 25 heavy (non-hydrogen) atoms. The molecule has 6 nitrogen and oxygen atoms in total. The Balaban J connectivity index is 2.42. The Hall–Kier alpha value is -2.76. The molecule has 0 saturated carbocycles. The molecule has 0 saturated heterocycles. The fraction of sp³-hybridized carbons (Fsp3) is 0.368. The Kier molecular flexibility index (Phi) is 5.85. The number of aryl methyl sites for hydroxylation is 3. The first kappa shape index (κ1) is 18.6. The fourth-order valence-corrected chi connectivity index (χ4v) is 2.56. The maximum Gasteiger partial charge on any atom is 0.355 e. The fourth-order valence-electron chi connectivity index (χ4n) is 2.56. The van der Waals surface area contributed by atoms with E-state index in [1.807, 2.05) is 32.9 Å². The summed E-state index contributed by atoms with van der Waals surface area (Å²) in [7, 11) is 0. The number of ether oxygens (including phenoxy) is 2. The van der Waals surface area contributed by atoms with Gasteiger partial charge >= 0.3 is 11.9 Å². The van der Waals surface area contributed by atoms with Gasteiger partial charge in [0.1, 0.15) is 5.70 Å². The Morgan fingerprint density at radius 2 is 1.80 bits per heavy atom. The Labute approximate surface area is 147 Å². The van der Waals surface area contributed by atoms with Crippen molar-refractivity contribution < 1.29 is 19.1 Å². The molecule has 0 bridgehead atoms. The molecule has 134 valence electrons. The van der Waals surface area contributed by atoms with E-state index in [0.29, 0.717) is 0 Å². The Morgan fingerprint density at radius 3 is 2.44 bits per heavy atom. The summed E-state index contributed by atoms with van der Waals surface area (Å²) in [6, 6.07) is 3.96. The molecule has 0 amide bonds. The lowest BCUT2D eigenvalue weighted by atomic mass is 10.1. The Morgan fingerprint density at radius 1 is 1.12 bits per heavy atom. The first-order valence-electron chi connectivity index (χ1n) is 8.29. The van der Waals surface area contributed by atoms with Crippen LogP contribution in [0.1, 0.15) is 30.7 Å². The van der Waals surface area contributed by atoms with Gasteiger partial charge in [0.05, 0.1) is 19.3 Å². The quantitative estimate of drug-likeness (QED) is 0.619. The van der Waals surface area contributed by atoms with Crippen LogP contribution in [0, 0.1) is 20.8 Å². The van der Waals surface area contributed by atoms with Gasteiger partial charge in [0.2, 0.25) is 0 Å². The van der Waals surface area contributed by atoms with Crippen molar-refractivity contribution in [2.75, 3.05) is 18.5 Å². The van der Waals surface area contributed by atoms with E-state index in [-0.39, 0.29) is 18.9 Å². The van der Waals surface area contributed by atoms with Gasteiger partial charge in [-0.1, -0.05) is 0 Å². The maximum atomic E-state index is 12.2. The summed E-state index contributed by atoms with van der Waals surface area (Å²) in [4.78, 5) is 27.3. The minimum atomic E-state index is -0.600. The van der Waals surface area contributed by atoms with Gasteiger partial charge in [-0.05, 0) is 57.9 Å². The van der Waals surface area contributed by atoms with Crippen LogP contribution in [-0.2, 0) is 19.1 Å². The van der Waals surface area contributed by atoms with Gasteiger partial charge < -0.3 is 19.8 Å². The van der Waals surface area contributed by atoms with Crippen molar-refractivity contribution in [2.24, 2.45) is 0 Å². The number of H-pyrrole nitrogens is 1. The molecule has 1 aromatic heterocycles. The van der Waals surface area contributed by atoms with Crippen LogP contribution < -0.4 is 5.32 Å². The molecular weight excluding hydrogens is 320 g/mol. The van der Waals surface area contributed by atoms with E-state index in [1.54, 1.807) is 13.8 Å². The van der Waals surface area contributed by atoms with E-state index in [4.69, 9.17) is 9.47 Å². The lowest BCUT2D eigenvalue weighted by Crippen LogP contribution is -2.17. The molecule has 0 fully saturated rings. The largest absolute Gasteiger partial charge is 0.463 e. The van der Waals surface area contributed by atoms with Crippen molar-refractivity contribution in [3.05, 3.63) is 40.7 Å². The zero-order chi connectivity index (χ0) is 18.6. The second-order valence-corrected chi connectivity index (χ2v) is 5.74. The second-order valence-electron chi connectivity index (χ2n) is 5.74. The summed E-state index contributed by atoms with van der Waals surface area (Å²) < 4.78 is 9.92. The second kappa shape index (κ2) is 7.88. The van der Waals surface area contributed by atoms with Crippen molar-refractivity contribution in [1.29, 1.82) is 0 Å². The molecule has 0 spiro atoms. The van der Waals surface area contributed by atoms with Crippen LogP contribution >= 0.6 is 0 Å². The molecule has 0 unspecified atom stereocenters. The van der Waals surface area contributed by atoms with Crippen molar-refractivity contribution in [3.63, 3.8) is 0 Å². The molecule has 0 aliphatic carbocycles. The summed E-state index contributed by atoms with van der Waals surface area (Å²) in [6.07, 6.45) is 1.13. The van der Waals surface area contributed by atoms with Crippen molar-refractivity contribution >= 4 is 28.5 Å². The predicted molar refractivity (Wildman–Crippen MR) is 97.5 cm³/mol. The first-order chi connectivity index (χ1) is 11.9. The number of hydrogen-bond acceptors (Lipinski definition) is 5. The lowest BCUT2D eigenvalue weighted by molar-refractivity contribution is -0.140. The van der Waals surface area contributed by atoms with E-state index in [9.17, 15) is 9.59 Å². The molecule has 2 N–H and O–H groups in total. The zero-order valence-corrected chi connectivity index (χ0v) is 15.3. The molecule has 2 rings (SSSR count). The van der Waals surface area contributed by atoms with Crippen molar-refractivity contribution in [2.45, 2.75) is 34.6 Å². The number of rotatable bonds is 6. The summed E-state index contributed by atoms with van der Waals surface area (Å²) in [5.74, 6) is -1.19. The Bertz CT molecular complexity index is 834. The summed E-state index contributed by atoms with van der Waals surface area (Å²) in [6.45, 7) is 9.85. The smallest absolute Gasteiger partial charge is 0.355 e. The van der Waals surface area contributed by atoms with Crippen LogP contribution in [0.5, 0.6) is 0 Å². The molecule has 0 aliphatic heterocycles.